The Bertz CT molecular complexity index is 330. The highest BCUT2D eigenvalue weighted by atomic mass is 16.1. The summed E-state index contributed by atoms with van der Waals surface area (Å²) in [7, 11) is 1.64. The first kappa shape index (κ1) is 12.7. The van der Waals surface area contributed by atoms with Crippen molar-refractivity contribution in [2.45, 2.75) is 26.3 Å². The van der Waals surface area contributed by atoms with Gasteiger partial charge in [0.15, 0.2) is 0 Å². The molecule has 0 aliphatic heterocycles. The fraction of sp³-hybridized carbons (Fsp3) is 0.462. The molecule has 0 atom stereocenters. The van der Waals surface area contributed by atoms with Gasteiger partial charge in [-0.05, 0) is 17.0 Å². The van der Waals surface area contributed by atoms with Crippen molar-refractivity contribution >= 4 is 5.91 Å². The Hall–Kier alpha value is -1.35. The van der Waals surface area contributed by atoms with E-state index in [1.54, 1.807) is 7.05 Å². The second-order valence-corrected chi connectivity index (χ2v) is 4.17. The first-order valence-corrected chi connectivity index (χ1v) is 5.63. The minimum Gasteiger partial charge on any atom is -0.358 e. The first-order chi connectivity index (χ1) is 7.63. The Morgan fingerprint density at radius 1 is 1.25 bits per heavy atom. The van der Waals surface area contributed by atoms with E-state index in [0.717, 1.165) is 6.54 Å². The zero-order valence-corrected chi connectivity index (χ0v) is 10.2. The number of hydrogen-bond acceptors (Lipinski definition) is 2. The van der Waals surface area contributed by atoms with Crippen molar-refractivity contribution in [2.24, 2.45) is 0 Å². The zero-order chi connectivity index (χ0) is 12.0. The summed E-state index contributed by atoms with van der Waals surface area (Å²) >= 11 is 0. The van der Waals surface area contributed by atoms with Crippen molar-refractivity contribution in [3.8, 4) is 0 Å². The first-order valence-electron chi connectivity index (χ1n) is 5.63. The monoisotopic (exact) mass is 220 g/mol. The fourth-order valence-electron chi connectivity index (χ4n) is 1.43. The van der Waals surface area contributed by atoms with Crippen LogP contribution in [0.3, 0.4) is 0 Å². The van der Waals surface area contributed by atoms with E-state index in [1.165, 1.54) is 11.1 Å². The lowest BCUT2D eigenvalue weighted by atomic mass is 10.0. The number of carbonyl (C=O) groups excluding carboxylic acids is 1. The molecule has 0 aromatic heterocycles. The number of benzene rings is 1. The van der Waals surface area contributed by atoms with E-state index >= 15 is 0 Å². The van der Waals surface area contributed by atoms with E-state index in [1.807, 2.05) is 0 Å². The molecule has 3 heteroatoms. The van der Waals surface area contributed by atoms with Crippen LogP contribution in [0.1, 0.15) is 30.9 Å². The maximum atomic E-state index is 11.0. The van der Waals surface area contributed by atoms with Gasteiger partial charge in [-0.2, -0.15) is 0 Å². The lowest BCUT2D eigenvalue weighted by Gasteiger charge is -2.07. The molecule has 1 aromatic carbocycles. The van der Waals surface area contributed by atoms with Crippen LogP contribution in [0.25, 0.3) is 0 Å². The number of hydrogen-bond donors (Lipinski definition) is 2. The predicted molar refractivity (Wildman–Crippen MR) is 66.3 cm³/mol. The van der Waals surface area contributed by atoms with E-state index in [9.17, 15) is 4.79 Å². The molecule has 0 aliphatic carbocycles. The van der Waals surface area contributed by atoms with Crippen molar-refractivity contribution in [1.29, 1.82) is 0 Å². The van der Waals surface area contributed by atoms with Gasteiger partial charge in [-0.3, -0.25) is 4.79 Å². The maximum Gasteiger partial charge on any atom is 0.233 e. The van der Waals surface area contributed by atoms with E-state index in [2.05, 4.69) is 48.7 Å². The largest absolute Gasteiger partial charge is 0.358 e. The molecule has 0 spiro atoms. The summed E-state index contributed by atoms with van der Waals surface area (Å²) in [4.78, 5) is 11.0. The summed E-state index contributed by atoms with van der Waals surface area (Å²) in [6.07, 6.45) is 0. The van der Waals surface area contributed by atoms with Gasteiger partial charge in [-0.15, -0.1) is 0 Å². The molecule has 3 nitrogen and oxygen atoms in total. The molecule has 0 heterocycles. The summed E-state index contributed by atoms with van der Waals surface area (Å²) in [6, 6.07) is 8.49. The van der Waals surface area contributed by atoms with E-state index in [4.69, 9.17) is 0 Å². The van der Waals surface area contributed by atoms with Crippen LogP contribution < -0.4 is 10.6 Å². The van der Waals surface area contributed by atoms with E-state index in [-0.39, 0.29) is 5.91 Å². The number of rotatable bonds is 5. The third-order valence-electron chi connectivity index (χ3n) is 2.54. The summed E-state index contributed by atoms with van der Waals surface area (Å²) < 4.78 is 0. The minimum absolute atomic E-state index is 0.0128. The van der Waals surface area contributed by atoms with Gasteiger partial charge >= 0.3 is 0 Å². The molecule has 0 unspecified atom stereocenters. The van der Waals surface area contributed by atoms with Crippen molar-refractivity contribution < 1.29 is 4.79 Å². The van der Waals surface area contributed by atoms with Crippen molar-refractivity contribution in [2.75, 3.05) is 13.6 Å². The molecular formula is C13H20N2O. The normalized spacial score (nSPS) is 10.5. The molecule has 0 bridgehead atoms. The summed E-state index contributed by atoms with van der Waals surface area (Å²) in [6.45, 7) is 5.45. The molecule has 0 saturated heterocycles. The van der Waals surface area contributed by atoms with Crippen LogP contribution in [0.5, 0.6) is 0 Å². The van der Waals surface area contributed by atoms with Gasteiger partial charge < -0.3 is 10.6 Å². The Labute approximate surface area is 97.2 Å². The molecule has 1 aromatic rings. The topological polar surface area (TPSA) is 41.1 Å². The van der Waals surface area contributed by atoms with Gasteiger partial charge in [0, 0.05) is 13.6 Å². The van der Waals surface area contributed by atoms with E-state index < -0.39 is 0 Å². The molecule has 0 saturated carbocycles. The maximum absolute atomic E-state index is 11.0. The summed E-state index contributed by atoms with van der Waals surface area (Å²) in [5, 5.41) is 5.66. The van der Waals surface area contributed by atoms with Gasteiger partial charge in [0.25, 0.3) is 0 Å². The van der Waals surface area contributed by atoms with Crippen LogP contribution >= 0.6 is 0 Å². The van der Waals surface area contributed by atoms with Crippen LogP contribution in [0.2, 0.25) is 0 Å². The van der Waals surface area contributed by atoms with Gasteiger partial charge in [0.05, 0.1) is 6.54 Å². The highest BCUT2D eigenvalue weighted by molar-refractivity contribution is 5.77. The smallest absolute Gasteiger partial charge is 0.233 e. The van der Waals surface area contributed by atoms with Crippen molar-refractivity contribution in [3.05, 3.63) is 35.4 Å². The van der Waals surface area contributed by atoms with Crippen LogP contribution in [0.4, 0.5) is 0 Å². The lowest BCUT2D eigenvalue weighted by Crippen LogP contribution is -2.30. The molecule has 16 heavy (non-hydrogen) atoms. The van der Waals surface area contributed by atoms with Gasteiger partial charge in [0.1, 0.15) is 0 Å². The van der Waals surface area contributed by atoms with Crippen LogP contribution in [0, 0.1) is 0 Å². The summed E-state index contributed by atoms with van der Waals surface area (Å²) in [5.41, 5.74) is 2.54. The quantitative estimate of drug-likeness (QED) is 0.792. The number of likely N-dealkylation sites (N-methyl/N-ethyl adjacent to an activating group) is 1. The van der Waals surface area contributed by atoms with Gasteiger partial charge in [-0.25, -0.2) is 0 Å². The molecule has 2 N–H and O–H groups in total. The predicted octanol–water partition coefficient (Wildman–Crippen LogP) is 1.65. The molecule has 0 fully saturated rings. The fourth-order valence-corrected chi connectivity index (χ4v) is 1.43. The second kappa shape index (κ2) is 6.28. The zero-order valence-electron chi connectivity index (χ0n) is 10.2. The Balaban J connectivity index is 2.40. The number of amides is 1. The van der Waals surface area contributed by atoms with Crippen LogP contribution in [-0.4, -0.2) is 19.5 Å². The van der Waals surface area contributed by atoms with Crippen molar-refractivity contribution in [1.82, 2.24) is 10.6 Å². The third-order valence-corrected chi connectivity index (χ3v) is 2.54. The SMILES string of the molecule is CNC(=O)CNCc1ccc(C(C)C)cc1. The van der Waals surface area contributed by atoms with Crippen molar-refractivity contribution in [3.63, 3.8) is 0 Å². The average Bonchev–Trinajstić information content (AvgIpc) is 2.29. The molecular weight excluding hydrogens is 200 g/mol. The van der Waals surface area contributed by atoms with Gasteiger partial charge in [-0.1, -0.05) is 38.1 Å². The Morgan fingerprint density at radius 2 is 1.88 bits per heavy atom. The van der Waals surface area contributed by atoms with Gasteiger partial charge in [0.2, 0.25) is 5.91 Å². The minimum atomic E-state index is 0.0128. The number of carbonyl (C=O) groups is 1. The standard InChI is InChI=1S/C13H20N2O/c1-10(2)12-6-4-11(5-7-12)8-15-9-13(16)14-3/h4-7,10,15H,8-9H2,1-3H3,(H,14,16). The van der Waals surface area contributed by atoms with Crippen LogP contribution in [-0.2, 0) is 11.3 Å². The Kier molecular flexibility index (Phi) is 4.99. The second-order valence-electron chi connectivity index (χ2n) is 4.17. The van der Waals surface area contributed by atoms with Crippen LogP contribution in [0.15, 0.2) is 24.3 Å². The molecule has 1 rings (SSSR count). The summed E-state index contributed by atoms with van der Waals surface area (Å²) in [5.74, 6) is 0.576. The lowest BCUT2D eigenvalue weighted by molar-refractivity contribution is -0.119. The molecule has 1 amide bonds. The Morgan fingerprint density at radius 3 is 2.38 bits per heavy atom. The number of nitrogens with one attached hydrogen (secondary N) is 2. The van der Waals surface area contributed by atoms with E-state index in [0.29, 0.717) is 12.5 Å². The highest BCUT2D eigenvalue weighted by Gasteiger charge is 2.00. The third kappa shape index (κ3) is 4.03. The molecule has 0 radical (unpaired) electrons. The average molecular weight is 220 g/mol. The highest BCUT2D eigenvalue weighted by Crippen LogP contribution is 2.14. The molecule has 88 valence electrons. The molecule has 0 aliphatic rings.